The van der Waals surface area contributed by atoms with Crippen LogP contribution in [0.25, 0.3) is 11.4 Å². The Kier molecular flexibility index (Phi) is 5.05. The molecule has 3 rings (SSSR count). The molecular formula is C16H22N6O2. The molecule has 24 heavy (non-hydrogen) atoms. The van der Waals surface area contributed by atoms with Crippen molar-refractivity contribution in [2.45, 2.75) is 25.5 Å². The normalized spacial score (nSPS) is 17.0. The Balaban J connectivity index is 1.55. The van der Waals surface area contributed by atoms with Gasteiger partial charge in [0, 0.05) is 38.5 Å². The topological polar surface area (TPSA) is 85.2 Å². The van der Waals surface area contributed by atoms with Crippen LogP contribution in [-0.4, -0.2) is 59.5 Å². The number of ether oxygens (including phenoxy) is 1. The highest BCUT2D eigenvalue weighted by atomic mass is 16.5. The second-order valence-corrected chi connectivity index (χ2v) is 6.02. The van der Waals surface area contributed by atoms with Gasteiger partial charge in [-0.15, -0.1) is 10.2 Å². The molecule has 1 amide bonds. The van der Waals surface area contributed by atoms with Gasteiger partial charge in [-0.3, -0.25) is 4.79 Å². The van der Waals surface area contributed by atoms with Crippen molar-refractivity contribution in [1.82, 2.24) is 25.5 Å². The number of nitrogens with zero attached hydrogens (tertiary/aromatic N) is 5. The van der Waals surface area contributed by atoms with E-state index in [0.717, 1.165) is 30.7 Å². The van der Waals surface area contributed by atoms with Gasteiger partial charge in [-0.25, -0.2) is 0 Å². The average molecular weight is 330 g/mol. The first-order valence-electron chi connectivity index (χ1n) is 8.05. The predicted octanol–water partition coefficient (Wildman–Crippen LogP) is 0.701. The first kappa shape index (κ1) is 16.4. The molecule has 1 N–H and O–H groups in total. The lowest BCUT2D eigenvalue weighted by atomic mass is 10.2. The van der Waals surface area contributed by atoms with E-state index < -0.39 is 0 Å². The van der Waals surface area contributed by atoms with Crippen molar-refractivity contribution in [3.63, 3.8) is 0 Å². The number of hydrogen-bond donors (Lipinski definition) is 1. The standard InChI is InChI=1S/C16H22N6O2/c1-21(2)13-7-5-12(6-8-13)16-18-20-22(19-16)11-15(23)17-10-14-4-3-9-24-14/h5-8,14H,3-4,9-11H2,1-2H3,(H,17,23)/t14-/m1/s1. The van der Waals surface area contributed by atoms with Crippen LogP contribution in [0, 0.1) is 0 Å². The minimum atomic E-state index is -0.141. The van der Waals surface area contributed by atoms with Gasteiger partial charge in [-0.1, -0.05) is 0 Å². The Morgan fingerprint density at radius 1 is 1.38 bits per heavy atom. The highest BCUT2D eigenvalue weighted by Gasteiger charge is 2.16. The molecule has 8 heteroatoms. The highest BCUT2D eigenvalue weighted by molar-refractivity contribution is 5.75. The van der Waals surface area contributed by atoms with E-state index in [4.69, 9.17) is 4.74 Å². The highest BCUT2D eigenvalue weighted by Crippen LogP contribution is 2.18. The summed E-state index contributed by atoms with van der Waals surface area (Å²) in [5.74, 6) is 0.365. The summed E-state index contributed by atoms with van der Waals surface area (Å²) in [6.07, 6.45) is 2.18. The molecule has 1 aliphatic heterocycles. The molecule has 1 aromatic heterocycles. The van der Waals surface area contributed by atoms with Crippen molar-refractivity contribution in [2.24, 2.45) is 0 Å². The van der Waals surface area contributed by atoms with Gasteiger partial charge in [0.15, 0.2) is 0 Å². The molecule has 0 saturated carbocycles. The first-order valence-corrected chi connectivity index (χ1v) is 8.05. The number of hydrogen-bond acceptors (Lipinski definition) is 6. The number of rotatable bonds is 6. The Hall–Kier alpha value is -2.48. The van der Waals surface area contributed by atoms with E-state index in [1.165, 1.54) is 4.80 Å². The molecule has 0 bridgehead atoms. The van der Waals surface area contributed by atoms with Crippen molar-refractivity contribution < 1.29 is 9.53 Å². The van der Waals surface area contributed by atoms with Gasteiger partial charge in [0.1, 0.15) is 6.54 Å². The number of carbonyl (C=O) groups excluding carboxylic acids is 1. The van der Waals surface area contributed by atoms with Crippen LogP contribution in [0.4, 0.5) is 5.69 Å². The van der Waals surface area contributed by atoms with E-state index in [0.29, 0.717) is 12.4 Å². The lowest BCUT2D eigenvalue weighted by Crippen LogP contribution is -2.34. The van der Waals surface area contributed by atoms with Crippen LogP contribution in [-0.2, 0) is 16.1 Å². The number of nitrogens with one attached hydrogen (secondary N) is 1. The second-order valence-electron chi connectivity index (χ2n) is 6.02. The molecule has 1 atom stereocenters. The fourth-order valence-electron chi connectivity index (χ4n) is 2.55. The minimum Gasteiger partial charge on any atom is -0.378 e. The van der Waals surface area contributed by atoms with E-state index in [1.54, 1.807) is 0 Å². The summed E-state index contributed by atoms with van der Waals surface area (Å²) in [6.45, 7) is 1.36. The molecule has 2 heterocycles. The molecule has 2 aromatic rings. The fourth-order valence-corrected chi connectivity index (χ4v) is 2.55. The molecule has 1 aromatic carbocycles. The van der Waals surface area contributed by atoms with Crippen LogP contribution in [0.3, 0.4) is 0 Å². The summed E-state index contributed by atoms with van der Waals surface area (Å²) in [5, 5.41) is 15.1. The van der Waals surface area contributed by atoms with E-state index in [2.05, 4.69) is 20.7 Å². The van der Waals surface area contributed by atoms with E-state index in [1.807, 2.05) is 43.3 Å². The molecule has 0 spiro atoms. The fraction of sp³-hybridized carbons (Fsp3) is 0.500. The van der Waals surface area contributed by atoms with Crippen LogP contribution in [0.15, 0.2) is 24.3 Å². The third-order valence-electron chi connectivity index (χ3n) is 3.93. The molecule has 1 saturated heterocycles. The average Bonchev–Trinajstić information content (AvgIpc) is 3.25. The van der Waals surface area contributed by atoms with Gasteiger partial charge in [0.25, 0.3) is 0 Å². The van der Waals surface area contributed by atoms with Gasteiger partial charge in [-0.05, 0) is 42.3 Å². The zero-order valence-electron chi connectivity index (χ0n) is 14.0. The smallest absolute Gasteiger partial charge is 0.243 e. The van der Waals surface area contributed by atoms with Crippen LogP contribution < -0.4 is 10.2 Å². The zero-order valence-corrected chi connectivity index (χ0v) is 14.0. The first-order chi connectivity index (χ1) is 11.6. The third-order valence-corrected chi connectivity index (χ3v) is 3.93. The Labute approximate surface area is 140 Å². The lowest BCUT2D eigenvalue weighted by Gasteiger charge is -2.11. The van der Waals surface area contributed by atoms with E-state index in [9.17, 15) is 4.79 Å². The molecule has 0 aliphatic carbocycles. The lowest BCUT2D eigenvalue weighted by molar-refractivity contribution is -0.122. The number of tetrazole rings is 1. The monoisotopic (exact) mass is 330 g/mol. The summed E-state index contributed by atoms with van der Waals surface area (Å²) in [6, 6.07) is 7.86. The molecule has 1 aliphatic rings. The summed E-state index contributed by atoms with van der Waals surface area (Å²) < 4.78 is 5.47. The van der Waals surface area contributed by atoms with Gasteiger partial charge >= 0.3 is 0 Å². The second kappa shape index (κ2) is 7.39. The minimum absolute atomic E-state index is 0.0511. The Bertz CT molecular complexity index is 676. The zero-order chi connectivity index (χ0) is 16.9. The molecule has 1 fully saturated rings. The summed E-state index contributed by atoms with van der Waals surface area (Å²) in [5.41, 5.74) is 1.96. The maximum atomic E-state index is 11.9. The SMILES string of the molecule is CN(C)c1ccc(-c2nnn(CC(=O)NC[C@H]3CCCO3)n2)cc1. The van der Waals surface area contributed by atoms with Crippen LogP contribution in [0.5, 0.6) is 0 Å². The number of benzene rings is 1. The third kappa shape index (κ3) is 4.08. The maximum Gasteiger partial charge on any atom is 0.243 e. The van der Waals surface area contributed by atoms with Gasteiger partial charge < -0.3 is 15.0 Å². The Morgan fingerprint density at radius 3 is 2.83 bits per heavy atom. The maximum absolute atomic E-state index is 11.9. The molecule has 8 nitrogen and oxygen atoms in total. The summed E-state index contributed by atoms with van der Waals surface area (Å²) in [7, 11) is 3.97. The molecule has 0 radical (unpaired) electrons. The molecule has 0 unspecified atom stereocenters. The quantitative estimate of drug-likeness (QED) is 0.839. The van der Waals surface area contributed by atoms with Gasteiger partial charge in [0.2, 0.25) is 11.7 Å². The van der Waals surface area contributed by atoms with Gasteiger partial charge in [-0.2, -0.15) is 4.80 Å². The van der Waals surface area contributed by atoms with Crippen molar-refractivity contribution in [2.75, 3.05) is 32.1 Å². The largest absolute Gasteiger partial charge is 0.378 e. The number of amides is 1. The van der Waals surface area contributed by atoms with Crippen molar-refractivity contribution in [3.05, 3.63) is 24.3 Å². The van der Waals surface area contributed by atoms with Crippen LogP contribution in [0.2, 0.25) is 0 Å². The van der Waals surface area contributed by atoms with Crippen molar-refractivity contribution >= 4 is 11.6 Å². The number of anilines is 1. The number of carbonyl (C=O) groups is 1. The van der Waals surface area contributed by atoms with Gasteiger partial charge in [0.05, 0.1) is 6.10 Å². The van der Waals surface area contributed by atoms with E-state index >= 15 is 0 Å². The molecular weight excluding hydrogens is 308 g/mol. The van der Waals surface area contributed by atoms with Crippen LogP contribution >= 0.6 is 0 Å². The Morgan fingerprint density at radius 2 is 2.17 bits per heavy atom. The van der Waals surface area contributed by atoms with Crippen LogP contribution in [0.1, 0.15) is 12.8 Å². The van der Waals surface area contributed by atoms with Crippen molar-refractivity contribution in [3.8, 4) is 11.4 Å². The predicted molar refractivity (Wildman–Crippen MR) is 89.6 cm³/mol. The molecule has 128 valence electrons. The van der Waals surface area contributed by atoms with E-state index in [-0.39, 0.29) is 18.6 Å². The summed E-state index contributed by atoms with van der Waals surface area (Å²) in [4.78, 5) is 15.3. The van der Waals surface area contributed by atoms with Crippen molar-refractivity contribution in [1.29, 1.82) is 0 Å². The number of aromatic nitrogens is 4. The summed E-state index contributed by atoms with van der Waals surface area (Å²) >= 11 is 0.